The maximum absolute atomic E-state index is 10.9. The van der Waals surface area contributed by atoms with E-state index in [4.69, 9.17) is 4.74 Å². The molecule has 0 aromatic heterocycles. The highest BCUT2D eigenvalue weighted by molar-refractivity contribution is 5.72. The fourth-order valence-electron chi connectivity index (χ4n) is 2.29. The van der Waals surface area contributed by atoms with Gasteiger partial charge in [0.05, 0.1) is 6.54 Å². The maximum atomic E-state index is 10.9. The van der Waals surface area contributed by atoms with Gasteiger partial charge in [-0.2, -0.15) is 0 Å². The first-order chi connectivity index (χ1) is 10.1. The molecule has 1 aliphatic heterocycles. The highest BCUT2D eigenvalue weighted by Gasteiger charge is 2.25. The molecule has 2 atom stereocenters. The van der Waals surface area contributed by atoms with E-state index >= 15 is 0 Å². The Morgan fingerprint density at radius 3 is 2.48 bits per heavy atom. The van der Waals surface area contributed by atoms with Crippen molar-refractivity contribution in [2.24, 2.45) is 0 Å². The van der Waals surface area contributed by atoms with Crippen molar-refractivity contribution in [2.45, 2.75) is 66.9 Å². The summed E-state index contributed by atoms with van der Waals surface area (Å²) in [4.78, 5) is 10.9. The van der Waals surface area contributed by atoms with Crippen molar-refractivity contribution >= 4 is 5.91 Å². The van der Waals surface area contributed by atoms with Gasteiger partial charge in [-0.15, -0.1) is 0 Å². The van der Waals surface area contributed by atoms with Gasteiger partial charge in [0.15, 0.2) is 0 Å². The number of benzene rings is 1. The second kappa shape index (κ2) is 10.3. The summed E-state index contributed by atoms with van der Waals surface area (Å²) in [5, 5.41) is 2.81. The number of nitrogens with one attached hydrogen (secondary N) is 1. The number of ether oxygens (including phenoxy) is 1. The van der Waals surface area contributed by atoms with Gasteiger partial charge in [-0.1, -0.05) is 52.3 Å². The van der Waals surface area contributed by atoms with Crippen molar-refractivity contribution in [3.63, 3.8) is 0 Å². The molecule has 0 spiro atoms. The molecule has 3 heteroatoms. The first kappa shape index (κ1) is 19.5. The van der Waals surface area contributed by atoms with Crippen molar-refractivity contribution < 1.29 is 9.53 Å². The second-order valence-corrected chi connectivity index (χ2v) is 4.85. The zero-order valence-corrected chi connectivity index (χ0v) is 14.6. The fraction of sp³-hybridized carbons (Fsp3) is 0.611. The van der Waals surface area contributed by atoms with Gasteiger partial charge in [-0.05, 0) is 30.9 Å². The fourth-order valence-corrected chi connectivity index (χ4v) is 2.29. The number of carbonyl (C=O) groups is 1. The van der Waals surface area contributed by atoms with Crippen LogP contribution in [0.25, 0.3) is 0 Å². The number of fused-ring (bicyclic) bond motifs is 1. The molecule has 120 valence electrons. The second-order valence-electron chi connectivity index (χ2n) is 4.85. The summed E-state index contributed by atoms with van der Waals surface area (Å²) >= 11 is 0. The molecule has 0 bridgehead atoms. The lowest BCUT2D eigenvalue weighted by Gasteiger charge is -2.30. The minimum atomic E-state index is -0.00374. The molecule has 1 aromatic carbocycles. The van der Waals surface area contributed by atoms with Crippen LogP contribution in [0.4, 0.5) is 0 Å². The minimum absolute atomic E-state index is 0.00374. The van der Waals surface area contributed by atoms with Crippen LogP contribution in [-0.2, 0) is 4.79 Å². The van der Waals surface area contributed by atoms with Crippen molar-refractivity contribution in [1.82, 2.24) is 5.32 Å². The van der Waals surface area contributed by atoms with Gasteiger partial charge in [0.2, 0.25) is 5.91 Å². The molecule has 2 unspecified atom stereocenters. The lowest BCUT2D eigenvalue weighted by Crippen LogP contribution is -2.37. The molecule has 21 heavy (non-hydrogen) atoms. The monoisotopic (exact) mass is 293 g/mol. The Bertz CT molecular complexity index is 429. The molecule has 0 fully saturated rings. The van der Waals surface area contributed by atoms with Crippen LogP contribution in [-0.4, -0.2) is 18.6 Å². The molecule has 1 amide bonds. The van der Waals surface area contributed by atoms with E-state index in [9.17, 15) is 4.79 Å². The minimum Gasteiger partial charge on any atom is -0.488 e. The van der Waals surface area contributed by atoms with Gasteiger partial charge < -0.3 is 10.1 Å². The number of amides is 1. The summed E-state index contributed by atoms with van der Waals surface area (Å²) in [5.41, 5.74) is 2.54. The standard InChI is InChI=1S/C14H19NO2.2C2H6/c1-9-4-5-14-13(6-9)10(2)7-12(17-14)8-15-11(3)16;2*1-2/h4-6,10,12H,7-8H2,1-3H3,(H,15,16);2*1-2H3. The molecule has 2 rings (SSSR count). The van der Waals surface area contributed by atoms with Crippen LogP contribution in [0.2, 0.25) is 0 Å². The van der Waals surface area contributed by atoms with E-state index in [-0.39, 0.29) is 12.0 Å². The molecule has 0 aliphatic carbocycles. The predicted molar refractivity (Wildman–Crippen MR) is 90.0 cm³/mol. The van der Waals surface area contributed by atoms with Gasteiger partial charge >= 0.3 is 0 Å². The normalized spacial score (nSPS) is 18.8. The summed E-state index contributed by atoms with van der Waals surface area (Å²) in [6.45, 7) is 14.4. The van der Waals surface area contributed by atoms with Crippen LogP contribution < -0.4 is 10.1 Å². The summed E-state index contributed by atoms with van der Waals surface area (Å²) in [6, 6.07) is 6.28. The number of carbonyl (C=O) groups excluding carboxylic acids is 1. The molecule has 1 aliphatic rings. The molecule has 1 aromatic rings. The Balaban J connectivity index is 0.000000921. The van der Waals surface area contributed by atoms with Crippen molar-refractivity contribution in [2.75, 3.05) is 6.54 Å². The number of hydrogen-bond acceptors (Lipinski definition) is 2. The smallest absolute Gasteiger partial charge is 0.217 e. The Morgan fingerprint density at radius 1 is 1.29 bits per heavy atom. The van der Waals surface area contributed by atoms with E-state index in [0.717, 1.165) is 12.2 Å². The summed E-state index contributed by atoms with van der Waals surface area (Å²) in [7, 11) is 0. The van der Waals surface area contributed by atoms with Crippen molar-refractivity contribution in [3.8, 4) is 5.75 Å². The van der Waals surface area contributed by atoms with Crippen LogP contribution in [0.3, 0.4) is 0 Å². The van der Waals surface area contributed by atoms with Crippen molar-refractivity contribution in [1.29, 1.82) is 0 Å². The molecular formula is C18H31NO2. The first-order valence-electron chi connectivity index (χ1n) is 8.08. The van der Waals surface area contributed by atoms with E-state index in [1.807, 2.05) is 33.8 Å². The largest absolute Gasteiger partial charge is 0.488 e. The van der Waals surface area contributed by atoms with E-state index in [1.165, 1.54) is 18.1 Å². The maximum Gasteiger partial charge on any atom is 0.217 e. The third-order valence-corrected chi connectivity index (χ3v) is 3.18. The molecule has 0 saturated carbocycles. The number of rotatable bonds is 2. The van der Waals surface area contributed by atoms with Crippen LogP contribution in [0.15, 0.2) is 18.2 Å². The molecule has 1 N–H and O–H groups in total. The van der Waals surface area contributed by atoms with E-state index in [1.54, 1.807) is 0 Å². The number of aryl methyl sites for hydroxylation is 1. The van der Waals surface area contributed by atoms with Gasteiger partial charge in [-0.25, -0.2) is 0 Å². The lowest BCUT2D eigenvalue weighted by molar-refractivity contribution is -0.119. The van der Waals surface area contributed by atoms with Gasteiger partial charge in [-0.3, -0.25) is 4.79 Å². The van der Waals surface area contributed by atoms with Crippen LogP contribution >= 0.6 is 0 Å². The highest BCUT2D eigenvalue weighted by Crippen LogP contribution is 2.36. The van der Waals surface area contributed by atoms with Gasteiger partial charge in [0, 0.05) is 6.92 Å². The van der Waals surface area contributed by atoms with E-state index < -0.39 is 0 Å². The molecular weight excluding hydrogens is 262 g/mol. The van der Waals surface area contributed by atoms with Gasteiger partial charge in [0.1, 0.15) is 11.9 Å². The lowest BCUT2D eigenvalue weighted by atomic mass is 9.90. The average Bonchev–Trinajstić information content (AvgIpc) is 2.50. The Kier molecular flexibility index (Phi) is 9.51. The van der Waals surface area contributed by atoms with Crippen LogP contribution in [0, 0.1) is 6.92 Å². The topological polar surface area (TPSA) is 38.3 Å². The zero-order chi connectivity index (χ0) is 16.4. The Labute approximate surface area is 130 Å². The number of hydrogen-bond donors (Lipinski definition) is 1. The van der Waals surface area contributed by atoms with Crippen LogP contribution in [0.5, 0.6) is 5.75 Å². The third kappa shape index (κ3) is 6.19. The Morgan fingerprint density at radius 2 is 1.90 bits per heavy atom. The average molecular weight is 293 g/mol. The predicted octanol–water partition coefficient (Wildman–Crippen LogP) is 4.44. The summed E-state index contributed by atoms with van der Waals surface area (Å²) < 4.78 is 5.89. The third-order valence-electron chi connectivity index (χ3n) is 3.18. The Hall–Kier alpha value is -1.51. The molecule has 0 saturated heterocycles. The molecule has 0 radical (unpaired) electrons. The molecule has 3 nitrogen and oxygen atoms in total. The van der Waals surface area contributed by atoms with E-state index in [0.29, 0.717) is 12.5 Å². The van der Waals surface area contributed by atoms with E-state index in [2.05, 4.69) is 31.3 Å². The van der Waals surface area contributed by atoms with Crippen LogP contribution in [0.1, 0.15) is 65.0 Å². The highest BCUT2D eigenvalue weighted by atomic mass is 16.5. The molecule has 1 heterocycles. The van der Waals surface area contributed by atoms with Gasteiger partial charge in [0.25, 0.3) is 0 Å². The van der Waals surface area contributed by atoms with Crippen molar-refractivity contribution in [3.05, 3.63) is 29.3 Å². The summed E-state index contributed by atoms with van der Waals surface area (Å²) in [6.07, 6.45) is 1.04. The first-order valence-corrected chi connectivity index (χ1v) is 8.08. The summed E-state index contributed by atoms with van der Waals surface area (Å²) in [5.74, 6) is 1.44. The zero-order valence-electron chi connectivity index (χ0n) is 14.6. The quantitative estimate of drug-likeness (QED) is 0.875. The SMILES string of the molecule is CC.CC.CC(=O)NCC1CC(C)c2cc(C)ccc2O1.